The second-order valence-corrected chi connectivity index (χ2v) is 18.9. The SMILES string of the molecule is CCC(C)[C@H](NC(=O)/C(=C\c1c[nH]cn1)NC(=O)[C@@H]1CSS/C=C(/C)C(=O)N2CC(O)C[C@H]2C(=O)N/C(=C\c2ccc(O)c(Cl)c2)C(=O)N[C@@H](CC(=O)O)C(=O)N/C(=C/C(C)C)C(=O)N1)C(C)=O. The molecule has 7 amide bonds. The Morgan fingerprint density at radius 3 is 2.34 bits per heavy atom. The molecule has 2 aliphatic heterocycles. The number of fused-ring (bicyclic) bond motifs is 1. The number of carbonyl (C=O) groups is 9. The summed E-state index contributed by atoms with van der Waals surface area (Å²) in [5, 5.41) is 46.6. The Labute approximate surface area is 404 Å². The van der Waals surface area contributed by atoms with Crippen molar-refractivity contribution in [3.05, 3.63) is 81.2 Å². The zero-order chi connectivity index (χ0) is 50.4. The molecule has 68 heavy (non-hydrogen) atoms. The first-order valence-corrected chi connectivity index (χ1v) is 24.0. The number of allylic oxidation sites excluding steroid dienone is 1. The number of halogens is 1. The van der Waals surface area contributed by atoms with E-state index < -0.39 is 101 Å². The average Bonchev–Trinajstić information content (AvgIpc) is 3.94. The number of carboxylic acid groups (broad SMARTS) is 1. The molecule has 24 heteroatoms. The maximum atomic E-state index is 14.2. The largest absolute Gasteiger partial charge is 0.506 e. The number of aliphatic hydroxyl groups is 1. The van der Waals surface area contributed by atoms with Crippen molar-refractivity contribution in [2.24, 2.45) is 11.8 Å². The van der Waals surface area contributed by atoms with Crippen LogP contribution in [0.25, 0.3) is 12.2 Å². The summed E-state index contributed by atoms with van der Waals surface area (Å²) in [7, 11) is 1.97. The van der Waals surface area contributed by atoms with Gasteiger partial charge in [0.05, 0.1) is 35.6 Å². The molecule has 6 atom stereocenters. The van der Waals surface area contributed by atoms with Gasteiger partial charge in [0.2, 0.25) is 17.7 Å². The number of aliphatic hydroxyl groups excluding tert-OH is 1. The highest BCUT2D eigenvalue weighted by atomic mass is 35.5. The lowest BCUT2D eigenvalue weighted by Crippen LogP contribution is -2.54. The Hall–Kier alpha value is -6.43. The monoisotopic (exact) mass is 999 g/mol. The summed E-state index contributed by atoms with van der Waals surface area (Å²) in [6.07, 6.45) is 4.56. The molecule has 21 nitrogen and oxygen atoms in total. The number of phenolic OH excluding ortho intramolecular Hbond substituents is 1. The van der Waals surface area contributed by atoms with E-state index in [1.165, 1.54) is 62.1 Å². The summed E-state index contributed by atoms with van der Waals surface area (Å²) in [5.74, 6) is -9.97. The fourth-order valence-electron chi connectivity index (χ4n) is 6.67. The van der Waals surface area contributed by atoms with Crippen molar-refractivity contribution in [3.63, 3.8) is 0 Å². The van der Waals surface area contributed by atoms with Gasteiger partial charge in [0.1, 0.15) is 41.0 Å². The number of aromatic amines is 1. The maximum absolute atomic E-state index is 14.2. The Kier molecular flexibility index (Phi) is 20.0. The van der Waals surface area contributed by atoms with Gasteiger partial charge in [0.15, 0.2) is 5.78 Å². The highest BCUT2D eigenvalue weighted by molar-refractivity contribution is 8.77. The van der Waals surface area contributed by atoms with E-state index in [1.807, 2.05) is 6.92 Å². The summed E-state index contributed by atoms with van der Waals surface area (Å²) in [6.45, 7) is 9.43. The van der Waals surface area contributed by atoms with E-state index in [0.717, 1.165) is 32.6 Å². The third-order valence-corrected chi connectivity index (χ3v) is 12.8. The number of nitrogens with one attached hydrogen (secondary N) is 7. The number of phenols is 1. The number of aliphatic carboxylic acids is 1. The zero-order valence-electron chi connectivity index (χ0n) is 37.9. The van der Waals surface area contributed by atoms with Crippen molar-refractivity contribution in [2.45, 2.75) is 91.1 Å². The number of aromatic nitrogens is 2. The van der Waals surface area contributed by atoms with Crippen molar-refractivity contribution < 1.29 is 58.5 Å². The standard InChI is InChI=1S/C44H54ClN9O12S2/c1-7-22(4)37(24(6)55)53-41(63)31(13-26-16-46-20-47-26)49-42(64)33-19-68-67-18-23(5)44(66)54-17-27(56)14-34(54)43(65)51-30(12-25-8-9-35(57)28(45)11-25)39(61)50-32(15-36(58)59)40(62)48-29(10-21(2)3)38(60)52-33/h8-13,16,18,20-22,27,32-34,37,56-57H,7,14-15,17,19H2,1-6H3,(H,46,47)(H,48,62)(H,49,64)(H,50,61)(H,51,65)(H,52,60)(H,53,63)(H,58,59)/b23-18-,29-10+,30-12-,31-13+/t22?,27?,32-,33-,34-,37-/m0/s1. The number of carboxylic acids is 1. The second kappa shape index (κ2) is 25.1. The van der Waals surface area contributed by atoms with Gasteiger partial charge in [-0.25, -0.2) is 4.98 Å². The lowest BCUT2D eigenvalue weighted by Gasteiger charge is -2.25. The number of nitrogens with zero attached hydrogens (tertiary/aromatic N) is 2. The van der Waals surface area contributed by atoms with Crippen LogP contribution in [0.1, 0.15) is 72.1 Å². The molecule has 1 saturated heterocycles. The van der Waals surface area contributed by atoms with Crippen LogP contribution in [0.15, 0.2) is 64.9 Å². The molecule has 1 aromatic carbocycles. The number of imidazole rings is 1. The molecule has 0 bridgehead atoms. The lowest BCUT2D eigenvalue weighted by molar-refractivity contribution is -0.140. The summed E-state index contributed by atoms with van der Waals surface area (Å²) < 4.78 is 0. The first-order valence-electron chi connectivity index (χ1n) is 21.2. The Morgan fingerprint density at radius 1 is 1.03 bits per heavy atom. The highest BCUT2D eigenvalue weighted by Gasteiger charge is 2.40. The molecule has 0 saturated carbocycles. The molecule has 1 fully saturated rings. The topological polar surface area (TPSA) is 318 Å². The van der Waals surface area contributed by atoms with Crippen LogP contribution in [0.2, 0.25) is 5.02 Å². The number of H-pyrrole nitrogens is 1. The second-order valence-electron chi connectivity index (χ2n) is 16.3. The molecular formula is C44H54ClN9O12S2. The summed E-state index contributed by atoms with van der Waals surface area (Å²) in [5.41, 5.74) is -0.871. The van der Waals surface area contributed by atoms with Gasteiger partial charge in [0.25, 0.3) is 23.6 Å². The highest BCUT2D eigenvalue weighted by Crippen LogP contribution is 2.28. The Morgan fingerprint density at radius 2 is 1.72 bits per heavy atom. The molecule has 1 aromatic heterocycles. The summed E-state index contributed by atoms with van der Waals surface area (Å²) in [6, 6.07) is -1.88. The number of Topliss-reactive ketones (excluding diaryl/α,β-unsaturated/α-hetero) is 1. The van der Waals surface area contributed by atoms with E-state index in [-0.39, 0.29) is 63.7 Å². The lowest BCUT2D eigenvalue weighted by atomic mass is 9.96. The maximum Gasteiger partial charge on any atom is 0.305 e. The Balaban J connectivity index is 1.80. The number of rotatable bonds is 12. The predicted molar refractivity (Wildman–Crippen MR) is 253 cm³/mol. The molecule has 366 valence electrons. The van der Waals surface area contributed by atoms with Crippen molar-refractivity contribution in [1.82, 2.24) is 46.8 Å². The quantitative estimate of drug-likeness (QED) is 0.107. The number of hydrogen-bond acceptors (Lipinski definition) is 14. The number of ketones is 1. The van der Waals surface area contributed by atoms with Gasteiger partial charge in [0, 0.05) is 30.5 Å². The van der Waals surface area contributed by atoms with Crippen molar-refractivity contribution in [1.29, 1.82) is 0 Å². The predicted octanol–water partition coefficient (Wildman–Crippen LogP) is 1.86. The number of benzene rings is 1. The van der Waals surface area contributed by atoms with E-state index in [9.17, 15) is 58.5 Å². The van der Waals surface area contributed by atoms with Crippen LogP contribution >= 0.6 is 33.2 Å². The summed E-state index contributed by atoms with van der Waals surface area (Å²) >= 11 is 6.10. The van der Waals surface area contributed by atoms with Gasteiger partial charge in [-0.2, -0.15) is 0 Å². The molecule has 0 radical (unpaired) electrons. The molecule has 2 unspecified atom stereocenters. The van der Waals surface area contributed by atoms with Gasteiger partial charge in [-0.3, -0.25) is 43.2 Å². The first kappa shape index (κ1) is 54.2. The molecule has 10 N–H and O–H groups in total. The average molecular weight is 1000 g/mol. The van der Waals surface area contributed by atoms with Crippen molar-refractivity contribution >= 4 is 98.4 Å². The van der Waals surface area contributed by atoms with Crippen LogP contribution < -0.4 is 31.9 Å². The first-order chi connectivity index (χ1) is 32.1. The van der Waals surface area contributed by atoms with Gasteiger partial charge < -0.3 is 57.1 Å². The third-order valence-electron chi connectivity index (χ3n) is 10.4. The molecule has 0 spiro atoms. The minimum atomic E-state index is -1.91. The van der Waals surface area contributed by atoms with E-state index >= 15 is 0 Å². The fraction of sp³-hybridized carbons (Fsp3) is 0.409. The Bertz CT molecular complexity index is 2410. The number of amides is 7. The van der Waals surface area contributed by atoms with E-state index in [0.29, 0.717) is 6.42 Å². The molecule has 2 aromatic rings. The van der Waals surface area contributed by atoms with E-state index in [4.69, 9.17) is 11.6 Å². The van der Waals surface area contributed by atoms with Gasteiger partial charge in [-0.1, -0.05) is 79.4 Å². The van der Waals surface area contributed by atoms with E-state index in [2.05, 4.69) is 41.9 Å². The van der Waals surface area contributed by atoms with Crippen LogP contribution in [0.4, 0.5) is 0 Å². The van der Waals surface area contributed by atoms with Crippen LogP contribution in [0.3, 0.4) is 0 Å². The van der Waals surface area contributed by atoms with Crippen LogP contribution in [0.5, 0.6) is 5.75 Å². The van der Waals surface area contributed by atoms with Crippen LogP contribution in [0, 0.1) is 11.8 Å². The normalized spacial score (nSPS) is 23.3. The molecule has 0 aliphatic carbocycles. The van der Waals surface area contributed by atoms with Gasteiger partial charge >= 0.3 is 5.97 Å². The van der Waals surface area contributed by atoms with Crippen molar-refractivity contribution in [2.75, 3.05) is 12.3 Å². The fourth-order valence-corrected chi connectivity index (χ4v) is 8.91. The van der Waals surface area contributed by atoms with Gasteiger partial charge in [-0.05, 0) is 60.9 Å². The number of hydrogen-bond donors (Lipinski definition) is 10. The van der Waals surface area contributed by atoms with E-state index in [1.54, 1.807) is 20.8 Å². The van der Waals surface area contributed by atoms with Crippen LogP contribution in [-0.2, 0) is 43.2 Å². The third kappa shape index (κ3) is 15.6. The minimum Gasteiger partial charge on any atom is -0.506 e. The molecule has 4 rings (SSSR count). The molecule has 3 heterocycles. The molecular weight excluding hydrogens is 946 g/mol. The molecule has 2 aliphatic rings. The zero-order valence-corrected chi connectivity index (χ0v) is 40.3. The van der Waals surface area contributed by atoms with Crippen LogP contribution in [-0.4, -0.2) is 126 Å². The number of aromatic hydroxyl groups is 1. The smallest absolute Gasteiger partial charge is 0.305 e. The summed E-state index contributed by atoms with van der Waals surface area (Å²) in [4.78, 5) is 131. The number of carbonyl (C=O) groups excluding carboxylic acids is 8. The van der Waals surface area contributed by atoms with Crippen molar-refractivity contribution in [3.8, 4) is 5.75 Å². The van der Waals surface area contributed by atoms with Gasteiger partial charge in [-0.15, -0.1) is 0 Å². The minimum absolute atomic E-state index is 0.102.